The highest BCUT2D eigenvalue weighted by Crippen LogP contribution is 2.67. The van der Waals surface area contributed by atoms with Crippen LogP contribution in [0, 0.1) is 52.3 Å². The van der Waals surface area contributed by atoms with Gasteiger partial charge in [0, 0.05) is 5.25 Å². The Morgan fingerprint density at radius 1 is 0.880 bits per heavy atom. The van der Waals surface area contributed by atoms with E-state index in [4.69, 9.17) is 12.6 Å². The molecule has 0 heterocycles. The molecule has 4 rings (SSSR count). The number of allylic oxidation sites excluding steroid dienone is 2. The monoisotopic (exact) mass is 360 g/mol. The lowest BCUT2D eigenvalue weighted by molar-refractivity contribution is -0.0656. The summed E-state index contributed by atoms with van der Waals surface area (Å²) < 4.78 is 0. The van der Waals surface area contributed by atoms with Gasteiger partial charge < -0.3 is 0 Å². The third-order valence-electron chi connectivity index (χ3n) is 9.89. The van der Waals surface area contributed by atoms with Crippen LogP contribution < -0.4 is 0 Å². The summed E-state index contributed by atoms with van der Waals surface area (Å²) in [5.41, 5.74) is 1.15. The lowest BCUT2D eigenvalue weighted by Crippen LogP contribution is -2.52. The molecule has 0 aromatic rings. The summed E-state index contributed by atoms with van der Waals surface area (Å²) in [4.78, 5) is 0. The van der Waals surface area contributed by atoms with E-state index >= 15 is 0 Å². The Morgan fingerprint density at radius 2 is 1.56 bits per heavy atom. The Kier molecular flexibility index (Phi) is 4.66. The van der Waals surface area contributed by atoms with Crippen molar-refractivity contribution in [2.75, 3.05) is 0 Å². The van der Waals surface area contributed by atoms with Crippen LogP contribution in [-0.4, -0.2) is 5.25 Å². The average molecular weight is 361 g/mol. The first-order chi connectivity index (χ1) is 11.8. The molecule has 0 bridgehead atoms. The number of hydrogen-bond donors (Lipinski definition) is 1. The Labute approximate surface area is 162 Å². The number of rotatable bonds is 2. The lowest BCUT2D eigenvalue weighted by Gasteiger charge is -2.59. The van der Waals surface area contributed by atoms with Gasteiger partial charge in [-0.3, -0.25) is 0 Å². The van der Waals surface area contributed by atoms with Gasteiger partial charge in [0.05, 0.1) is 0 Å². The summed E-state index contributed by atoms with van der Waals surface area (Å²) in [6.07, 6.45) is 15.3. The molecule has 0 aliphatic heterocycles. The van der Waals surface area contributed by atoms with Crippen LogP contribution in [0.25, 0.3) is 0 Å². The summed E-state index contributed by atoms with van der Waals surface area (Å²) in [5.74, 6) is 6.19. The van der Waals surface area contributed by atoms with Gasteiger partial charge >= 0.3 is 0 Å². The molecular weight excluding hydrogens is 320 g/mol. The Balaban J connectivity index is 1.62. The minimum absolute atomic E-state index is 0.557. The minimum Gasteiger partial charge on any atom is -0.176 e. The zero-order chi connectivity index (χ0) is 18.0. The molecule has 0 aromatic carbocycles. The smallest absolute Gasteiger partial charge is 0.00228 e. The summed E-state index contributed by atoms with van der Waals surface area (Å²) in [5, 5.41) is 0.635. The van der Waals surface area contributed by atoms with Crippen molar-refractivity contribution in [1.29, 1.82) is 0 Å². The van der Waals surface area contributed by atoms with Gasteiger partial charge in [-0.15, -0.1) is 0 Å². The normalized spacial score (nSPS) is 53.2. The van der Waals surface area contributed by atoms with Crippen LogP contribution in [-0.2, 0) is 0 Å². The van der Waals surface area contributed by atoms with Gasteiger partial charge in [0.25, 0.3) is 0 Å². The van der Waals surface area contributed by atoms with Crippen LogP contribution in [0.3, 0.4) is 0 Å². The molecule has 0 nitrogen and oxygen atoms in total. The lowest BCUT2D eigenvalue weighted by atomic mass is 9.46. The van der Waals surface area contributed by atoms with Crippen LogP contribution in [0.5, 0.6) is 0 Å². The van der Waals surface area contributed by atoms with Gasteiger partial charge in [-0.25, -0.2) is 0 Å². The zero-order valence-corrected chi connectivity index (χ0v) is 18.1. The van der Waals surface area contributed by atoms with E-state index in [2.05, 4.69) is 46.8 Å². The molecular formula is C24H40S. The molecule has 4 aliphatic rings. The van der Waals surface area contributed by atoms with Crippen molar-refractivity contribution in [2.24, 2.45) is 52.3 Å². The Bertz CT molecular complexity index is 536. The standard InChI is InChI=1S/C24H40S/c1-15(2)16(3)20-8-9-21-19-7-6-17-14-18(25)10-12-23(17,4)22(19)11-13-24(20,21)5/h6-7,15-22,25H,8-14H2,1-5H3. The summed E-state index contributed by atoms with van der Waals surface area (Å²) in [6, 6.07) is 0. The van der Waals surface area contributed by atoms with E-state index in [-0.39, 0.29) is 0 Å². The maximum atomic E-state index is 4.83. The third-order valence-corrected chi connectivity index (χ3v) is 10.4. The molecule has 3 saturated carbocycles. The molecule has 0 aromatic heterocycles. The topological polar surface area (TPSA) is 0 Å². The molecule has 3 fully saturated rings. The van der Waals surface area contributed by atoms with Crippen LogP contribution in [0.4, 0.5) is 0 Å². The molecule has 0 amide bonds. The Morgan fingerprint density at radius 3 is 2.28 bits per heavy atom. The van der Waals surface area contributed by atoms with Crippen molar-refractivity contribution in [3.05, 3.63) is 12.2 Å². The molecule has 0 N–H and O–H groups in total. The number of fused-ring (bicyclic) bond motifs is 5. The maximum absolute atomic E-state index is 4.83. The van der Waals surface area contributed by atoms with Crippen molar-refractivity contribution in [1.82, 2.24) is 0 Å². The molecule has 1 heteroatoms. The number of thiol groups is 1. The SMILES string of the molecule is CC(C)C(C)C1CCC2C3C=CC4CC(S)CCC4(C)C3CCC12C. The van der Waals surface area contributed by atoms with E-state index in [0.29, 0.717) is 16.1 Å². The second-order valence-corrected chi connectivity index (χ2v) is 11.8. The highest BCUT2D eigenvalue weighted by Gasteiger charge is 2.59. The average Bonchev–Trinajstić information content (AvgIpc) is 2.92. The van der Waals surface area contributed by atoms with Gasteiger partial charge in [-0.1, -0.05) is 46.8 Å². The van der Waals surface area contributed by atoms with Crippen molar-refractivity contribution in [3.63, 3.8) is 0 Å². The molecule has 25 heavy (non-hydrogen) atoms. The summed E-state index contributed by atoms with van der Waals surface area (Å²) in [7, 11) is 0. The van der Waals surface area contributed by atoms with E-state index < -0.39 is 0 Å². The molecule has 9 atom stereocenters. The third kappa shape index (κ3) is 2.69. The van der Waals surface area contributed by atoms with Crippen LogP contribution >= 0.6 is 12.6 Å². The zero-order valence-electron chi connectivity index (χ0n) is 17.2. The van der Waals surface area contributed by atoms with Gasteiger partial charge in [-0.2, -0.15) is 12.6 Å². The van der Waals surface area contributed by atoms with Crippen molar-refractivity contribution < 1.29 is 0 Å². The second kappa shape index (κ2) is 6.32. The fourth-order valence-electron chi connectivity index (χ4n) is 7.97. The summed E-state index contributed by atoms with van der Waals surface area (Å²) >= 11 is 4.83. The molecule has 9 unspecified atom stereocenters. The largest absolute Gasteiger partial charge is 0.176 e. The first-order valence-electron chi connectivity index (χ1n) is 11.1. The molecule has 0 saturated heterocycles. The van der Waals surface area contributed by atoms with E-state index in [1.165, 1.54) is 44.9 Å². The minimum atomic E-state index is 0.557. The van der Waals surface area contributed by atoms with Crippen molar-refractivity contribution >= 4 is 12.6 Å². The first-order valence-corrected chi connectivity index (χ1v) is 11.7. The van der Waals surface area contributed by atoms with Gasteiger partial charge in [-0.05, 0) is 97.2 Å². The first kappa shape index (κ1) is 18.5. The van der Waals surface area contributed by atoms with Crippen molar-refractivity contribution in [3.8, 4) is 0 Å². The fraction of sp³-hybridized carbons (Fsp3) is 0.917. The highest BCUT2D eigenvalue weighted by atomic mass is 32.1. The second-order valence-electron chi connectivity index (χ2n) is 11.0. The van der Waals surface area contributed by atoms with E-state index in [1.54, 1.807) is 0 Å². The van der Waals surface area contributed by atoms with Crippen LogP contribution in [0.2, 0.25) is 0 Å². The fourth-order valence-corrected chi connectivity index (χ4v) is 8.32. The molecule has 4 aliphatic carbocycles. The van der Waals surface area contributed by atoms with E-state index in [0.717, 1.165) is 41.4 Å². The quantitative estimate of drug-likeness (QED) is 0.397. The summed E-state index contributed by atoms with van der Waals surface area (Å²) in [6.45, 7) is 12.7. The highest BCUT2D eigenvalue weighted by molar-refractivity contribution is 7.80. The van der Waals surface area contributed by atoms with Gasteiger partial charge in [0.15, 0.2) is 0 Å². The van der Waals surface area contributed by atoms with Gasteiger partial charge in [0.2, 0.25) is 0 Å². The van der Waals surface area contributed by atoms with E-state index in [9.17, 15) is 0 Å². The predicted molar refractivity (Wildman–Crippen MR) is 112 cm³/mol. The van der Waals surface area contributed by atoms with Crippen LogP contribution in [0.1, 0.15) is 79.6 Å². The predicted octanol–water partition coefficient (Wildman–Crippen LogP) is 7.01. The van der Waals surface area contributed by atoms with Gasteiger partial charge in [0.1, 0.15) is 0 Å². The molecule has 0 spiro atoms. The van der Waals surface area contributed by atoms with E-state index in [1.807, 2.05) is 0 Å². The number of hydrogen-bond acceptors (Lipinski definition) is 1. The molecule has 0 radical (unpaired) electrons. The van der Waals surface area contributed by atoms with Crippen LogP contribution in [0.15, 0.2) is 12.2 Å². The molecule has 142 valence electrons. The Hall–Kier alpha value is 0.0900. The van der Waals surface area contributed by atoms with Crippen molar-refractivity contribution in [2.45, 2.75) is 84.8 Å². The maximum Gasteiger partial charge on any atom is 0.00228 e.